The van der Waals surface area contributed by atoms with E-state index < -0.39 is 11.7 Å². The Hall–Kier alpha value is -2.25. The average Bonchev–Trinajstić information content (AvgIpc) is 2.98. The number of halogens is 1. The van der Waals surface area contributed by atoms with Crippen molar-refractivity contribution in [1.82, 2.24) is 0 Å². The highest BCUT2D eigenvalue weighted by atomic mass is 35.5. The van der Waals surface area contributed by atoms with Crippen LogP contribution >= 0.6 is 22.9 Å². The van der Waals surface area contributed by atoms with Crippen LogP contribution in [0, 0.1) is 0 Å². The third-order valence-corrected chi connectivity index (χ3v) is 4.65. The monoisotopic (exact) mass is 410 g/mol. The summed E-state index contributed by atoms with van der Waals surface area (Å²) in [5, 5.41) is 5.47. The van der Waals surface area contributed by atoms with Gasteiger partial charge in [-0.1, -0.05) is 11.6 Å². The Balaban J connectivity index is 2.06. The Morgan fingerprint density at radius 1 is 1.11 bits per heavy atom. The quantitative estimate of drug-likeness (QED) is 0.674. The number of amides is 2. The minimum Gasteiger partial charge on any atom is -0.497 e. The highest BCUT2D eigenvalue weighted by Crippen LogP contribution is 2.28. The third-order valence-electron chi connectivity index (χ3n) is 3.36. The molecule has 0 bridgehead atoms. The fraction of sp³-hybridized carbons (Fsp3) is 0.368. The van der Waals surface area contributed by atoms with E-state index >= 15 is 0 Å². The lowest BCUT2D eigenvalue weighted by atomic mass is 10.2. The zero-order valence-corrected chi connectivity index (χ0v) is 17.3. The van der Waals surface area contributed by atoms with Gasteiger partial charge in [-0.25, -0.2) is 4.79 Å². The summed E-state index contributed by atoms with van der Waals surface area (Å²) in [5.41, 5.74) is 0.245. The van der Waals surface area contributed by atoms with Gasteiger partial charge >= 0.3 is 6.09 Å². The molecule has 1 aromatic carbocycles. The van der Waals surface area contributed by atoms with Gasteiger partial charge in [0.05, 0.1) is 22.8 Å². The van der Waals surface area contributed by atoms with Crippen LogP contribution in [0.5, 0.6) is 5.75 Å². The normalized spacial score (nSPS) is 11.0. The molecule has 0 saturated heterocycles. The molecule has 0 radical (unpaired) electrons. The smallest absolute Gasteiger partial charge is 0.412 e. The van der Waals surface area contributed by atoms with Gasteiger partial charge in [0.15, 0.2) is 0 Å². The molecule has 1 heterocycles. The summed E-state index contributed by atoms with van der Waals surface area (Å²) in [7, 11) is 1.53. The van der Waals surface area contributed by atoms with Gasteiger partial charge in [-0.15, -0.1) is 11.3 Å². The molecule has 0 aliphatic rings. The number of rotatable bonds is 6. The largest absolute Gasteiger partial charge is 0.497 e. The van der Waals surface area contributed by atoms with Gasteiger partial charge in [-0.05, 0) is 51.5 Å². The van der Waals surface area contributed by atoms with Crippen LogP contribution in [-0.4, -0.2) is 24.7 Å². The molecule has 2 amide bonds. The predicted molar refractivity (Wildman–Crippen MR) is 109 cm³/mol. The molecule has 0 unspecified atom stereocenters. The first-order chi connectivity index (χ1) is 12.7. The van der Waals surface area contributed by atoms with Crippen LogP contribution in [0.2, 0.25) is 4.34 Å². The van der Waals surface area contributed by atoms with Crippen molar-refractivity contribution in [1.29, 1.82) is 0 Å². The van der Waals surface area contributed by atoms with Crippen molar-refractivity contribution in [2.75, 3.05) is 17.7 Å². The number of ether oxygens (including phenoxy) is 2. The second-order valence-electron chi connectivity index (χ2n) is 6.79. The lowest BCUT2D eigenvalue weighted by molar-refractivity contribution is -0.116. The zero-order chi connectivity index (χ0) is 20.0. The molecule has 27 heavy (non-hydrogen) atoms. The Morgan fingerprint density at radius 3 is 2.44 bits per heavy atom. The maximum atomic E-state index is 12.3. The summed E-state index contributed by atoms with van der Waals surface area (Å²) in [6.07, 6.45) is 0.276. The van der Waals surface area contributed by atoms with Gasteiger partial charge in [0.2, 0.25) is 5.91 Å². The molecule has 146 valence electrons. The first kappa shape index (κ1) is 21.1. The Kier molecular flexibility index (Phi) is 7.10. The molecule has 6 nitrogen and oxygen atoms in total. The average molecular weight is 411 g/mol. The Morgan fingerprint density at radius 2 is 1.85 bits per heavy atom. The second-order valence-corrected chi connectivity index (χ2v) is 8.59. The molecule has 2 aromatic rings. The number of carbonyl (C=O) groups is 2. The van der Waals surface area contributed by atoms with Crippen LogP contribution < -0.4 is 15.4 Å². The van der Waals surface area contributed by atoms with Gasteiger partial charge in [0, 0.05) is 17.4 Å². The maximum Gasteiger partial charge on any atom is 0.412 e. The Labute approximate surface area is 167 Å². The highest BCUT2D eigenvalue weighted by Gasteiger charge is 2.18. The van der Waals surface area contributed by atoms with Gasteiger partial charge in [0.25, 0.3) is 0 Å². The number of anilines is 2. The third kappa shape index (κ3) is 7.11. The van der Waals surface area contributed by atoms with Crippen LogP contribution in [0.1, 0.15) is 32.1 Å². The van der Waals surface area contributed by atoms with E-state index in [2.05, 4.69) is 10.6 Å². The van der Waals surface area contributed by atoms with Crippen LogP contribution in [-0.2, 0) is 16.0 Å². The topological polar surface area (TPSA) is 76.7 Å². The molecule has 0 aliphatic heterocycles. The molecule has 0 saturated carbocycles. The van der Waals surface area contributed by atoms with Gasteiger partial charge in [-0.2, -0.15) is 0 Å². The van der Waals surface area contributed by atoms with Crippen molar-refractivity contribution in [2.24, 2.45) is 0 Å². The standard InChI is InChI=1S/C19H23ClN2O4S/c1-19(2,3)26-18(24)22-14-8-5-12(25-4)11-15(14)21-17(23)10-7-13-6-9-16(20)27-13/h5-6,8-9,11H,7,10H2,1-4H3,(H,21,23)(H,22,24). The first-order valence-electron chi connectivity index (χ1n) is 8.38. The summed E-state index contributed by atoms with van der Waals surface area (Å²) >= 11 is 7.36. The zero-order valence-electron chi connectivity index (χ0n) is 15.7. The number of hydrogen-bond donors (Lipinski definition) is 2. The van der Waals surface area contributed by atoms with Gasteiger partial charge in [-0.3, -0.25) is 10.1 Å². The fourth-order valence-corrected chi connectivity index (χ4v) is 3.30. The minimum absolute atomic E-state index is 0.181. The van der Waals surface area contributed by atoms with E-state index in [1.54, 1.807) is 39.0 Å². The molecule has 0 spiro atoms. The van der Waals surface area contributed by atoms with Gasteiger partial charge in [0.1, 0.15) is 11.4 Å². The SMILES string of the molecule is COc1ccc(NC(=O)OC(C)(C)C)c(NC(=O)CCc2ccc(Cl)s2)c1. The maximum absolute atomic E-state index is 12.3. The molecule has 2 rings (SSSR count). The van der Waals surface area contributed by atoms with Crippen molar-refractivity contribution < 1.29 is 19.1 Å². The summed E-state index contributed by atoms with van der Waals surface area (Å²) in [6.45, 7) is 5.33. The van der Waals surface area contributed by atoms with E-state index in [1.165, 1.54) is 18.4 Å². The van der Waals surface area contributed by atoms with E-state index in [0.29, 0.717) is 34.3 Å². The lowest BCUT2D eigenvalue weighted by Crippen LogP contribution is -2.27. The van der Waals surface area contributed by atoms with Crippen molar-refractivity contribution >= 4 is 46.3 Å². The first-order valence-corrected chi connectivity index (χ1v) is 9.58. The van der Waals surface area contributed by atoms with Crippen molar-refractivity contribution in [3.63, 3.8) is 0 Å². The minimum atomic E-state index is -0.623. The molecule has 0 aliphatic carbocycles. The molecular formula is C19H23ClN2O4S. The molecule has 0 atom stereocenters. The van der Waals surface area contributed by atoms with Crippen molar-refractivity contribution in [2.45, 2.75) is 39.2 Å². The van der Waals surface area contributed by atoms with Crippen molar-refractivity contribution in [3.05, 3.63) is 39.5 Å². The number of methoxy groups -OCH3 is 1. The van der Waals surface area contributed by atoms with Gasteiger partial charge < -0.3 is 14.8 Å². The summed E-state index contributed by atoms with van der Waals surface area (Å²) in [6, 6.07) is 8.70. The van der Waals surface area contributed by atoms with Crippen LogP contribution in [0.15, 0.2) is 30.3 Å². The van der Waals surface area contributed by atoms with E-state index in [9.17, 15) is 9.59 Å². The number of carbonyl (C=O) groups excluding carboxylic acids is 2. The number of nitrogens with one attached hydrogen (secondary N) is 2. The van der Waals surface area contributed by atoms with Crippen molar-refractivity contribution in [3.8, 4) is 5.75 Å². The number of thiophene rings is 1. The van der Waals surface area contributed by atoms with Crippen LogP contribution in [0.4, 0.5) is 16.2 Å². The van der Waals surface area contributed by atoms with E-state index in [0.717, 1.165) is 4.88 Å². The summed E-state index contributed by atoms with van der Waals surface area (Å²) in [5.74, 6) is 0.380. The molecule has 8 heteroatoms. The molecule has 2 N–H and O–H groups in total. The summed E-state index contributed by atoms with van der Waals surface area (Å²) in [4.78, 5) is 25.4. The molecule has 1 aromatic heterocycles. The molecular weight excluding hydrogens is 388 g/mol. The van der Waals surface area contributed by atoms with E-state index in [4.69, 9.17) is 21.1 Å². The second kappa shape index (κ2) is 9.10. The number of hydrogen-bond acceptors (Lipinski definition) is 5. The van der Waals surface area contributed by atoms with Crippen LogP contribution in [0.25, 0.3) is 0 Å². The Bertz CT molecular complexity index is 814. The lowest BCUT2D eigenvalue weighted by Gasteiger charge is -2.20. The fourth-order valence-electron chi connectivity index (χ4n) is 2.21. The number of benzene rings is 1. The van der Waals surface area contributed by atoms with E-state index in [1.807, 2.05) is 12.1 Å². The predicted octanol–water partition coefficient (Wildman–Crippen LogP) is 5.33. The summed E-state index contributed by atoms with van der Waals surface area (Å²) < 4.78 is 11.2. The van der Waals surface area contributed by atoms with Crippen LogP contribution in [0.3, 0.4) is 0 Å². The molecule has 0 fully saturated rings. The number of aryl methyl sites for hydroxylation is 1. The van der Waals surface area contributed by atoms with E-state index in [-0.39, 0.29) is 5.91 Å². The highest BCUT2D eigenvalue weighted by molar-refractivity contribution is 7.16.